The normalized spacial score (nSPS) is 11.3. The van der Waals surface area contributed by atoms with Crippen molar-refractivity contribution in [1.29, 1.82) is 0 Å². The van der Waals surface area contributed by atoms with E-state index in [1.54, 1.807) is 32.0 Å². The second-order valence-corrected chi connectivity index (χ2v) is 5.20. The van der Waals surface area contributed by atoms with Crippen LogP contribution in [0.25, 0.3) is 0 Å². The third kappa shape index (κ3) is 5.01. The first kappa shape index (κ1) is 16.9. The molecular weight excluding hydrogens is 309 g/mol. The van der Waals surface area contributed by atoms with E-state index in [2.05, 4.69) is 20.8 Å². The fourth-order valence-electron chi connectivity index (χ4n) is 2.10. The molecule has 3 N–H and O–H groups in total. The number of hydrogen-bond acceptors (Lipinski definition) is 2. The van der Waals surface area contributed by atoms with Crippen LogP contribution in [-0.2, 0) is 6.42 Å². The van der Waals surface area contributed by atoms with Crippen molar-refractivity contribution in [3.05, 3.63) is 41.2 Å². The van der Waals surface area contributed by atoms with Crippen LogP contribution in [0.4, 0.5) is 29.3 Å². The van der Waals surface area contributed by atoms with Crippen LogP contribution in [0.3, 0.4) is 0 Å². The third-order valence-electron chi connectivity index (χ3n) is 3.25. The number of nitrogens with one attached hydrogen (secondary N) is 3. The van der Waals surface area contributed by atoms with Crippen molar-refractivity contribution in [3.63, 3.8) is 0 Å². The lowest BCUT2D eigenvalue weighted by atomic mass is 10.1. The number of urea groups is 1. The molecule has 0 saturated carbocycles. The number of rotatable bonds is 4. The molecule has 8 heteroatoms. The van der Waals surface area contributed by atoms with Crippen LogP contribution >= 0.6 is 0 Å². The molecule has 0 atom stereocenters. The Morgan fingerprint density at radius 3 is 2.61 bits per heavy atom. The van der Waals surface area contributed by atoms with Gasteiger partial charge in [0, 0.05) is 12.1 Å². The van der Waals surface area contributed by atoms with Crippen molar-refractivity contribution < 1.29 is 18.0 Å². The van der Waals surface area contributed by atoms with Crippen LogP contribution in [0.1, 0.15) is 23.4 Å². The third-order valence-corrected chi connectivity index (χ3v) is 3.25. The van der Waals surface area contributed by atoms with Crippen LogP contribution < -0.4 is 10.6 Å². The molecule has 0 aliphatic rings. The van der Waals surface area contributed by atoms with Gasteiger partial charge in [0.15, 0.2) is 0 Å². The molecule has 0 unspecified atom stereocenters. The summed E-state index contributed by atoms with van der Waals surface area (Å²) in [7, 11) is 0. The Balaban J connectivity index is 1.98. The Morgan fingerprint density at radius 1 is 1.26 bits per heavy atom. The van der Waals surface area contributed by atoms with E-state index in [0.717, 1.165) is 5.69 Å². The molecule has 2 aromatic rings. The number of alkyl halides is 3. The zero-order chi connectivity index (χ0) is 17.0. The average molecular weight is 326 g/mol. The van der Waals surface area contributed by atoms with Gasteiger partial charge in [-0.1, -0.05) is 12.1 Å². The minimum Gasteiger partial charge on any atom is -0.308 e. The number of aromatic nitrogens is 2. The summed E-state index contributed by atoms with van der Waals surface area (Å²) >= 11 is 0. The molecule has 0 spiro atoms. The Kier molecular flexibility index (Phi) is 4.92. The molecule has 2 rings (SSSR count). The summed E-state index contributed by atoms with van der Waals surface area (Å²) in [6.07, 6.45) is -5.21. The first-order chi connectivity index (χ1) is 10.7. The maximum atomic E-state index is 12.3. The van der Waals surface area contributed by atoms with E-state index in [1.165, 1.54) is 6.07 Å². The molecule has 0 aliphatic heterocycles. The number of halogens is 3. The number of aromatic amines is 1. The maximum Gasteiger partial charge on any atom is 0.389 e. The van der Waals surface area contributed by atoms with Crippen molar-refractivity contribution in [2.24, 2.45) is 0 Å². The highest BCUT2D eigenvalue weighted by Gasteiger charge is 2.26. The van der Waals surface area contributed by atoms with Gasteiger partial charge >= 0.3 is 12.2 Å². The van der Waals surface area contributed by atoms with E-state index in [4.69, 9.17) is 0 Å². The summed E-state index contributed by atoms with van der Waals surface area (Å²) in [5.74, 6) is 0. The van der Waals surface area contributed by atoms with E-state index in [0.29, 0.717) is 22.6 Å². The minimum atomic E-state index is -4.20. The molecule has 0 aliphatic carbocycles. The van der Waals surface area contributed by atoms with E-state index in [-0.39, 0.29) is 6.42 Å². The van der Waals surface area contributed by atoms with E-state index >= 15 is 0 Å². The van der Waals surface area contributed by atoms with Gasteiger partial charge in [0.2, 0.25) is 0 Å². The quantitative estimate of drug-likeness (QED) is 0.789. The van der Waals surface area contributed by atoms with Crippen LogP contribution in [-0.4, -0.2) is 22.4 Å². The largest absolute Gasteiger partial charge is 0.389 e. The lowest BCUT2D eigenvalue weighted by Crippen LogP contribution is -2.20. The van der Waals surface area contributed by atoms with Gasteiger partial charge in [-0.25, -0.2) is 4.79 Å². The molecule has 2 amide bonds. The van der Waals surface area contributed by atoms with Gasteiger partial charge in [0.1, 0.15) is 0 Å². The first-order valence-corrected chi connectivity index (χ1v) is 7.00. The summed E-state index contributed by atoms with van der Waals surface area (Å²) in [5, 5.41) is 12.0. The number of H-pyrrole nitrogens is 1. The minimum absolute atomic E-state index is 0.124. The summed E-state index contributed by atoms with van der Waals surface area (Å²) < 4.78 is 36.8. The first-order valence-electron chi connectivity index (χ1n) is 7.00. The highest BCUT2D eigenvalue weighted by atomic mass is 19.4. The summed E-state index contributed by atoms with van der Waals surface area (Å²) in [5.41, 5.74) is 2.89. The predicted octanol–water partition coefficient (Wildman–Crippen LogP) is 4.17. The molecule has 1 heterocycles. The Hall–Kier alpha value is -2.51. The van der Waals surface area contributed by atoms with Crippen LogP contribution in [0.2, 0.25) is 0 Å². The number of carbonyl (C=O) groups excluding carboxylic acids is 1. The number of carbonyl (C=O) groups is 1. The Labute approximate surface area is 131 Å². The monoisotopic (exact) mass is 326 g/mol. The highest BCUT2D eigenvalue weighted by molar-refractivity contribution is 6.00. The van der Waals surface area contributed by atoms with Crippen molar-refractivity contribution in [2.75, 3.05) is 10.6 Å². The van der Waals surface area contributed by atoms with Crippen molar-refractivity contribution in [2.45, 2.75) is 32.9 Å². The van der Waals surface area contributed by atoms with Gasteiger partial charge in [-0.15, -0.1) is 0 Å². The lowest BCUT2D eigenvalue weighted by molar-refractivity contribution is -0.133. The molecule has 0 radical (unpaired) electrons. The molecule has 5 nitrogen and oxygen atoms in total. The van der Waals surface area contributed by atoms with Crippen LogP contribution in [0.5, 0.6) is 0 Å². The molecule has 0 bridgehead atoms. The fraction of sp³-hybridized carbons (Fsp3) is 0.333. The van der Waals surface area contributed by atoms with Gasteiger partial charge in [0.25, 0.3) is 0 Å². The molecule has 23 heavy (non-hydrogen) atoms. The van der Waals surface area contributed by atoms with Gasteiger partial charge < -0.3 is 10.6 Å². The second kappa shape index (κ2) is 6.72. The van der Waals surface area contributed by atoms with E-state index < -0.39 is 18.6 Å². The molecule has 0 fully saturated rings. The maximum absolute atomic E-state index is 12.3. The zero-order valence-corrected chi connectivity index (χ0v) is 12.7. The Morgan fingerprint density at radius 2 is 2.00 bits per heavy atom. The number of hydrogen-bond donors (Lipinski definition) is 3. The molecular formula is C15H17F3N4O. The average Bonchev–Trinajstić information content (AvgIpc) is 2.77. The van der Waals surface area contributed by atoms with Gasteiger partial charge in [-0.3, -0.25) is 5.10 Å². The lowest BCUT2D eigenvalue weighted by Gasteiger charge is -2.10. The second-order valence-electron chi connectivity index (χ2n) is 5.20. The highest BCUT2D eigenvalue weighted by Crippen LogP contribution is 2.23. The van der Waals surface area contributed by atoms with Crippen LogP contribution in [0, 0.1) is 13.8 Å². The van der Waals surface area contributed by atoms with E-state index in [9.17, 15) is 18.0 Å². The fourth-order valence-corrected chi connectivity index (χ4v) is 2.10. The number of nitrogens with zero attached hydrogens (tertiary/aromatic N) is 1. The van der Waals surface area contributed by atoms with Crippen molar-refractivity contribution >= 4 is 17.4 Å². The number of benzene rings is 1. The Bertz CT molecular complexity index is 675. The topological polar surface area (TPSA) is 69.8 Å². The summed E-state index contributed by atoms with van der Waals surface area (Å²) in [6.45, 7) is 3.52. The molecule has 0 saturated heterocycles. The molecule has 1 aromatic heterocycles. The smallest absolute Gasteiger partial charge is 0.308 e. The predicted molar refractivity (Wildman–Crippen MR) is 81.5 cm³/mol. The van der Waals surface area contributed by atoms with Gasteiger partial charge in [-0.2, -0.15) is 18.3 Å². The van der Waals surface area contributed by atoms with Crippen LogP contribution in [0.15, 0.2) is 24.3 Å². The van der Waals surface area contributed by atoms with E-state index in [1.807, 2.05) is 0 Å². The van der Waals surface area contributed by atoms with Gasteiger partial charge in [0.05, 0.1) is 17.1 Å². The molecule has 124 valence electrons. The van der Waals surface area contributed by atoms with Crippen molar-refractivity contribution in [1.82, 2.24) is 10.2 Å². The zero-order valence-electron chi connectivity index (χ0n) is 12.7. The number of amides is 2. The van der Waals surface area contributed by atoms with Gasteiger partial charge in [-0.05, 0) is 38.0 Å². The molecule has 1 aromatic carbocycles. The summed E-state index contributed by atoms with van der Waals surface area (Å²) in [6, 6.07) is 5.87. The van der Waals surface area contributed by atoms with Crippen molar-refractivity contribution in [3.8, 4) is 0 Å². The SMILES string of the molecule is Cc1n[nH]c(C)c1NC(=O)Nc1cccc(CCC(F)(F)F)c1. The number of aryl methyl sites for hydroxylation is 3. The number of anilines is 2. The standard InChI is InChI=1S/C15H17F3N4O/c1-9-13(10(2)22-21-9)20-14(23)19-12-5-3-4-11(8-12)6-7-15(16,17)18/h3-5,8H,6-7H2,1-2H3,(H,21,22)(H2,19,20,23). The summed E-state index contributed by atoms with van der Waals surface area (Å²) in [4.78, 5) is 12.0.